The molecule has 2 aromatic carbocycles. The number of rotatable bonds is 7. The summed E-state index contributed by atoms with van der Waals surface area (Å²) in [5.41, 5.74) is 8.40. The zero-order chi connectivity index (χ0) is 18.8. The van der Waals surface area contributed by atoms with Gasteiger partial charge >= 0.3 is 0 Å². The van der Waals surface area contributed by atoms with E-state index in [9.17, 15) is 4.79 Å². The Bertz CT molecular complexity index is 715. The van der Waals surface area contributed by atoms with E-state index >= 15 is 0 Å². The highest BCUT2D eigenvalue weighted by Crippen LogP contribution is 2.12. The summed E-state index contributed by atoms with van der Waals surface area (Å²) in [7, 11) is 1.61. The van der Waals surface area contributed by atoms with Gasteiger partial charge in [-0.3, -0.25) is 15.6 Å². The van der Waals surface area contributed by atoms with E-state index in [1.165, 1.54) is 18.4 Å². The van der Waals surface area contributed by atoms with Crippen LogP contribution in [0.15, 0.2) is 48.5 Å². The summed E-state index contributed by atoms with van der Waals surface area (Å²) in [6, 6.07) is 15.5. The van der Waals surface area contributed by atoms with E-state index in [2.05, 4.69) is 35.2 Å². The molecule has 0 unspecified atom stereocenters. The van der Waals surface area contributed by atoms with Crippen molar-refractivity contribution in [3.63, 3.8) is 0 Å². The van der Waals surface area contributed by atoms with Crippen LogP contribution in [0.2, 0.25) is 0 Å². The molecule has 0 fully saturated rings. The van der Waals surface area contributed by atoms with E-state index in [0.29, 0.717) is 5.11 Å². The Morgan fingerprint density at radius 3 is 2.27 bits per heavy atom. The summed E-state index contributed by atoms with van der Waals surface area (Å²) in [5.74, 6) is 0.590. The molecule has 2 rings (SSSR count). The van der Waals surface area contributed by atoms with Gasteiger partial charge in [0.2, 0.25) is 5.91 Å². The number of carbonyl (C=O) groups is 1. The lowest BCUT2D eigenvalue weighted by Gasteiger charge is -2.12. The number of benzene rings is 2. The minimum Gasteiger partial charge on any atom is -0.497 e. The molecule has 138 valence electrons. The fourth-order valence-corrected chi connectivity index (χ4v) is 2.57. The predicted molar refractivity (Wildman–Crippen MR) is 109 cm³/mol. The molecular weight excluding hydrogens is 346 g/mol. The topological polar surface area (TPSA) is 62.4 Å². The maximum atomic E-state index is 12.0. The number of aryl methyl sites for hydroxylation is 1. The van der Waals surface area contributed by atoms with Gasteiger partial charge in [-0.15, -0.1) is 0 Å². The number of amides is 1. The van der Waals surface area contributed by atoms with Crippen molar-refractivity contribution in [1.82, 2.24) is 10.9 Å². The van der Waals surface area contributed by atoms with Crippen molar-refractivity contribution in [3.8, 4) is 5.75 Å². The van der Waals surface area contributed by atoms with E-state index in [0.717, 1.165) is 23.4 Å². The summed E-state index contributed by atoms with van der Waals surface area (Å²) in [5, 5.41) is 3.39. The Labute approximate surface area is 160 Å². The number of nitrogens with one attached hydrogen (secondary N) is 3. The molecule has 0 aliphatic rings. The van der Waals surface area contributed by atoms with Crippen molar-refractivity contribution in [1.29, 1.82) is 0 Å². The van der Waals surface area contributed by atoms with Crippen molar-refractivity contribution in [3.05, 3.63) is 59.7 Å². The molecule has 26 heavy (non-hydrogen) atoms. The molecule has 3 N–H and O–H groups in total. The average Bonchev–Trinajstić information content (AvgIpc) is 2.66. The first-order valence-corrected chi connectivity index (χ1v) is 9.09. The van der Waals surface area contributed by atoms with Crippen LogP contribution in [0.1, 0.15) is 30.9 Å². The minimum atomic E-state index is -0.172. The van der Waals surface area contributed by atoms with E-state index in [1.54, 1.807) is 7.11 Å². The monoisotopic (exact) mass is 371 g/mol. The van der Waals surface area contributed by atoms with Gasteiger partial charge in [-0.1, -0.05) is 37.6 Å². The molecule has 0 aromatic heterocycles. The molecular formula is C20H25N3O2S. The summed E-state index contributed by atoms with van der Waals surface area (Å²) in [4.78, 5) is 12.0. The number of unbranched alkanes of at least 4 members (excludes halogenated alkanes) is 1. The molecule has 0 heterocycles. The van der Waals surface area contributed by atoms with E-state index in [1.807, 2.05) is 36.4 Å². The smallest absolute Gasteiger partial charge is 0.242 e. The fraction of sp³-hybridized carbons (Fsp3) is 0.300. The van der Waals surface area contributed by atoms with Crippen LogP contribution in [0.25, 0.3) is 0 Å². The van der Waals surface area contributed by atoms with E-state index in [-0.39, 0.29) is 12.3 Å². The van der Waals surface area contributed by atoms with Crippen molar-refractivity contribution in [2.75, 3.05) is 12.4 Å². The van der Waals surface area contributed by atoms with Crippen LogP contribution in [0, 0.1) is 0 Å². The van der Waals surface area contributed by atoms with Gasteiger partial charge < -0.3 is 10.1 Å². The average molecular weight is 372 g/mol. The third-order valence-corrected chi connectivity index (χ3v) is 4.07. The van der Waals surface area contributed by atoms with Crippen LogP contribution >= 0.6 is 12.2 Å². The molecule has 0 atom stereocenters. The number of anilines is 1. The number of hydrogen-bond acceptors (Lipinski definition) is 3. The van der Waals surface area contributed by atoms with E-state index < -0.39 is 0 Å². The Balaban J connectivity index is 1.74. The third kappa shape index (κ3) is 6.72. The number of thiocarbonyl (C=S) groups is 1. The first kappa shape index (κ1) is 19.7. The lowest BCUT2D eigenvalue weighted by atomic mass is 10.1. The molecule has 0 aliphatic heterocycles. The molecule has 0 saturated carbocycles. The van der Waals surface area contributed by atoms with Gasteiger partial charge in [0.15, 0.2) is 5.11 Å². The second-order valence-electron chi connectivity index (χ2n) is 5.95. The minimum absolute atomic E-state index is 0.172. The number of hydrogen-bond donors (Lipinski definition) is 3. The van der Waals surface area contributed by atoms with Crippen molar-refractivity contribution in [2.24, 2.45) is 0 Å². The summed E-state index contributed by atoms with van der Waals surface area (Å²) >= 11 is 5.20. The normalized spacial score (nSPS) is 10.1. The molecule has 0 saturated heterocycles. The highest BCUT2D eigenvalue weighted by Gasteiger charge is 2.05. The van der Waals surface area contributed by atoms with Gasteiger partial charge in [-0.25, -0.2) is 0 Å². The van der Waals surface area contributed by atoms with Gasteiger partial charge in [0.05, 0.1) is 13.5 Å². The number of carbonyl (C=O) groups excluding carboxylic acids is 1. The first-order valence-electron chi connectivity index (χ1n) is 8.68. The van der Waals surface area contributed by atoms with Crippen LogP contribution in [0.3, 0.4) is 0 Å². The first-order chi connectivity index (χ1) is 12.6. The second kappa shape index (κ2) is 10.4. The fourth-order valence-electron chi connectivity index (χ4n) is 2.40. The van der Waals surface area contributed by atoms with Crippen LogP contribution in [-0.4, -0.2) is 18.1 Å². The molecule has 0 radical (unpaired) electrons. The summed E-state index contributed by atoms with van der Waals surface area (Å²) in [6.45, 7) is 2.18. The number of methoxy groups -OCH3 is 1. The third-order valence-electron chi connectivity index (χ3n) is 3.87. The Morgan fingerprint density at radius 2 is 1.65 bits per heavy atom. The molecule has 0 spiro atoms. The van der Waals surface area contributed by atoms with Crippen molar-refractivity contribution >= 4 is 28.9 Å². The lowest BCUT2D eigenvalue weighted by molar-refractivity contribution is -0.120. The Morgan fingerprint density at radius 1 is 1.00 bits per heavy atom. The largest absolute Gasteiger partial charge is 0.497 e. The van der Waals surface area contributed by atoms with Crippen LogP contribution < -0.4 is 20.9 Å². The van der Waals surface area contributed by atoms with Gasteiger partial charge in [0.1, 0.15) is 5.75 Å². The standard InChI is InChI=1S/C20H25N3O2S/c1-3-4-5-15-6-10-17(11-7-15)21-20(26)23-22-19(24)14-16-8-12-18(25-2)13-9-16/h6-13H,3-5,14H2,1-2H3,(H,22,24)(H2,21,23,26). The molecule has 2 aromatic rings. The molecule has 0 aliphatic carbocycles. The summed E-state index contributed by atoms with van der Waals surface area (Å²) in [6.07, 6.45) is 3.71. The Kier molecular flexibility index (Phi) is 7.89. The SMILES string of the molecule is CCCCc1ccc(NC(=S)NNC(=O)Cc2ccc(OC)cc2)cc1. The van der Waals surface area contributed by atoms with Crippen LogP contribution in [0.5, 0.6) is 5.75 Å². The maximum Gasteiger partial charge on any atom is 0.242 e. The predicted octanol–water partition coefficient (Wildman–Crippen LogP) is 3.60. The zero-order valence-corrected chi connectivity index (χ0v) is 16.0. The van der Waals surface area contributed by atoms with Gasteiger partial charge in [0, 0.05) is 5.69 Å². The molecule has 0 bridgehead atoms. The maximum absolute atomic E-state index is 12.0. The second-order valence-corrected chi connectivity index (χ2v) is 6.36. The van der Waals surface area contributed by atoms with Crippen LogP contribution in [-0.2, 0) is 17.6 Å². The van der Waals surface area contributed by atoms with Crippen LogP contribution in [0.4, 0.5) is 5.69 Å². The lowest BCUT2D eigenvalue weighted by Crippen LogP contribution is -2.44. The highest BCUT2D eigenvalue weighted by atomic mass is 32.1. The van der Waals surface area contributed by atoms with Crippen molar-refractivity contribution in [2.45, 2.75) is 32.6 Å². The quantitative estimate of drug-likeness (QED) is 0.513. The van der Waals surface area contributed by atoms with Gasteiger partial charge in [-0.2, -0.15) is 0 Å². The number of ether oxygens (including phenoxy) is 1. The molecule has 1 amide bonds. The van der Waals surface area contributed by atoms with E-state index in [4.69, 9.17) is 17.0 Å². The number of hydrazine groups is 1. The summed E-state index contributed by atoms with van der Waals surface area (Å²) < 4.78 is 5.10. The molecule has 6 heteroatoms. The van der Waals surface area contributed by atoms with Crippen molar-refractivity contribution < 1.29 is 9.53 Å². The zero-order valence-electron chi connectivity index (χ0n) is 15.2. The van der Waals surface area contributed by atoms with Gasteiger partial charge in [-0.05, 0) is 60.5 Å². The van der Waals surface area contributed by atoms with Gasteiger partial charge in [0.25, 0.3) is 0 Å². The molecule has 5 nitrogen and oxygen atoms in total. The highest BCUT2D eigenvalue weighted by molar-refractivity contribution is 7.80. The Hall–Kier alpha value is -2.60.